The van der Waals surface area contributed by atoms with Crippen LogP contribution in [0, 0.1) is 5.82 Å². The van der Waals surface area contributed by atoms with Crippen molar-refractivity contribution in [3.8, 4) is 0 Å². The van der Waals surface area contributed by atoms with Gasteiger partial charge in [-0.1, -0.05) is 12.1 Å². The lowest BCUT2D eigenvalue weighted by Gasteiger charge is -2.03. The second-order valence-electron chi connectivity index (χ2n) is 4.71. The number of aromatic nitrogens is 3. The van der Waals surface area contributed by atoms with Gasteiger partial charge in [-0.15, -0.1) is 0 Å². The molecule has 0 atom stereocenters. The summed E-state index contributed by atoms with van der Waals surface area (Å²) in [5.41, 5.74) is 2.91. The summed E-state index contributed by atoms with van der Waals surface area (Å²) in [6.45, 7) is -0.177. The summed E-state index contributed by atoms with van der Waals surface area (Å²) in [6, 6.07) is 9.86. The van der Waals surface area contributed by atoms with E-state index in [1.54, 1.807) is 18.2 Å². The van der Waals surface area contributed by atoms with E-state index in [0.29, 0.717) is 17.6 Å². The van der Waals surface area contributed by atoms with E-state index >= 15 is 0 Å². The topological polar surface area (TPSA) is 68.0 Å². The first-order valence-corrected chi connectivity index (χ1v) is 6.39. The number of hydrogen-bond donors (Lipinski definition) is 1. The molecule has 0 aliphatic rings. The minimum atomic E-state index is -0.944. The number of carbonyl (C=O) groups is 1. The number of aliphatic carboxylic acids is 1. The van der Waals surface area contributed by atoms with Crippen molar-refractivity contribution in [3.05, 3.63) is 59.8 Å². The summed E-state index contributed by atoms with van der Waals surface area (Å²) in [4.78, 5) is 19.4. The highest BCUT2D eigenvalue weighted by Crippen LogP contribution is 2.14. The Morgan fingerprint density at radius 2 is 1.95 bits per heavy atom. The Labute approximate surface area is 119 Å². The van der Waals surface area contributed by atoms with Crippen molar-refractivity contribution in [2.24, 2.45) is 0 Å². The molecule has 2 aromatic heterocycles. The number of carboxylic acid groups (broad SMARTS) is 1. The lowest BCUT2D eigenvalue weighted by atomic mass is 10.1. The molecule has 0 fully saturated rings. The molecule has 0 bridgehead atoms. The second kappa shape index (κ2) is 5.32. The zero-order valence-corrected chi connectivity index (χ0v) is 11.0. The number of hydrogen-bond acceptors (Lipinski definition) is 3. The van der Waals surface area contributed by atoms with E-state index in [9.17, 15) is 9.18 Å². The number of pyridine rings is 1. The van der Waals surface area contributed by atoms with Crippen LogP contribution in [0.1, 0.15) is 11.3 Å². The van der Waals surface area contributed by atoms with Crippen LogP contribution in [-0.4, -0.2) is 25.6 Å². The maximum Gasteiger partial charge on any atom is 0.323 e. The van der Waals surface area contributed by atoms with Crippen LogP contribution in [0.15, 0.2) is 42.7 Å². The minimum absolute atomic E-state index is 0.177. The molecule has 6 heteroatoms. The van der Waals surface area contributed by atoms with Crippen LogP contribution >= 0.6 is 0 Å². The van der Waals surface area contributed by atoms with E-state index in [1.807, 2.05) is 6.07 Å². The Bertz CT molecular complexity index is 796. The van der Waals surface area contributed by atoms with Gasteiger partial charge in [0.1, 0.15) is 17.9 Å². The average Bonchev–Trinajstić information content (AvgIpc) is 2.83. The second-order valence-corrected chi connectivity index (χ2v) is 4.71. The number of rotatable bonds is 4. The third kappa shape index (κ3) is 2.89. The van der Waals surface area contributed by atoms with Crippen LogP contribution in [0.4, 0.5) is 4.39 Å². The van der Waals surface area contributed by atoms with E-state index in [-0.39, 0.29) is 12.4 Å². The van der Waals surface area contributed by atoms with Gasteiger partial charge in [-0.05, 0) is 29.8 Å². The normalized spacial score (nSPS) is 10.9. The Morgan fingerprint density at radius 1 is 1.19 bits per heavy atom. The van der Waals surface area contributed by atoms with Gasteiger partial charge < -0.3 is 9.67 Å². The third-order valence-corrected chi connectivity index (χ3v) is 3.12. The lowest BCUT2D eigenvalue weighted by Crippen LogP contribution is -2.08. The highest BCUT2D eigenvalue weighted by atomic mass is 19.1. The molecule has 1 N–H and O–H groups in total. The smallest absolute Gasteiger partial charge is 0.323 e. The maximum atomic E-state index is 12.9. The van der Waals surface area contributed by atoms with E-state index in [1.165, 1.54) is 23.0 Å². The molecule has 1 aromatic carbocycles. The van der Waals surface area contributed by atoms with E-state index in [4.69, 9.17) is 5.11 Å². The van der Waals surface area contributed by atoms with Crippen molar-refractivity contribution in [2.45, 2.75) is 13.0 Å². The molecule has 0 amide bonds. The molecule has 0 saturated heterocycles. The molecule has 0 unspecified atom stereocenters. The van der Waals surface area contributed by atoms with Gasteiger partial charge in [0.25, 0.3) is 0 Å². The first kappa shape index (κ1) is 13.2. The highest BCUT2D eigenvalue weighted by molar-refractivity contribution is 5.74. The number of nitrogens with zero attached hydrogens (tertiary/aromatic N) is 3. The third-order valence-electron chi connectivity index (χ3n) is 3.12. The van der Waals surface area contributed by atoms with Gasteiger partial charge in [-0.2, -0.15) is 0 Å². The van der Waals surface area contributed by atoms with Crippen LogP contribution in [0.2, 0.25) is 0 Å². The first-order chi connectivity index (χ1) is 10.1. The van der Waals surface area contributed by atoms with Crippen LogP contribution in [0.5, 0.6) is 0 Å². The van der Waals surface area contributed by atoms with Gasteiger partial charge in [-0.3, -0.25) is 4.79 Å². The molecule has 0 aliphatic carbocycles. The predicted octanol–water partition coefficient (Wildman–Crippen LogP) is 2.25. The van der Waals surface area contributed by atoms with Gasteiger partial charge in [0, 0.05) is 12.1 Å². The molecule has 0 saturated carbocycles. The summed E-state index contributed by atoms with van der Waals surface area (Å²) in [5, 5.41) is 8.86. The van der Waals surface area contributed by atoms with Crippen molar-refractivity contribution in [3.63, 3.8) is 0 Å². The Morgan fingerprint density at radius 3 is 2.67 bits per heavy atom. The van der Waals surface area contributed by atoms with Gasteiger partial charge >= 0.3 is 5.97 Å². The molecule has 0 aliphatic heterocycles. The van der Waals surface area contributed by atoms with Crippen molar-refractivity contribution < 1.29 is 14.3 Å². The predicted molar refractivity (Wildman–Crippen MR) is 74.4 cm³/mol. The van der Waals surface area contributed by atoms with Crippen molar-refractivity contribution in [2.75, 3.05) is 0 Å². The maximum absolute atomic E-state index is 12.9. The van der Waals surface area contributed by atoms with Crippen LogP contribution in [-0.2, 0) is 17.8 Å². The first-order valence-electron chi connectivity index (χ1n) is 6.39. The number of halogens is 1. The largest absolute Gasteiger partial charge is 0.480 e. The molecule has 0 radical (unpaired) electrons. The minimum Gasteiger partial charge on any atom is -0.480 e. The fourth-order valence-electron chi connectivity index (χ4n) is 2.15. The van der Waals surface area contributed by atoms with Crippen molar-refractivity contribution >= 4 is 17.1 Å². The highest BCUT2D eigenvalue weighted by Gasteiger charge is 2.08. The SMILES string of the molecule is O=C(O)Cn1cnc2ccc(Cc3ccc(F)cc3)nc21. The summed E-state index contributed by atoms with van der Waals surface area (Å²) < 4.78 is 14.4. The van der Waals surface area contributed by atoms with Gasteiger partial charge in [0.2, 0.25) is 0 Å². The Hall–Kier alpha value is -2.76. The summed E-state index contributed by atoms with van der Waals surface area (Å²) in [6.07, 6.45) is 2.02. The molecule has 106 valence electrons. The Balaban J connectivity index is 1.92. The summed E-state index contributed by atoms with van der Waals surface area (Å²) in [5.74, 6) is -1.22. The number of fused-ring (bicyclic) bond motifs is 1. The Kier molecular flexibility index (Phi) is 3.35. The number of benzene rings is 1. The lowest BCUT2D eigenvalue weighted by molar-refractivity contribution is -0.137. The fourth-order valence-corrected chi connectivity index (χ4v) is 2.15. The van der Waals surface area contributed by atoms with Crippen molar-refractivity contribution in [1.82, 2.24) is 14.5 Å². The summed E-state index contributed by atoms with van der Waals surface area (Å²) in [7, 11) is 0. The zero-order valence-electron chi connectivity index (χ0n) is 11.0. The molecule has 3 aromatic rings. The molecule has 0 spiro atoms. The fraction of sp³-hybridized carbons (Fsp3) is 0.133. The number of imidazole rings is 1. The quantitative estimate of drug-likeness (QED) is 0.798. The van der Waals surface area contributed by atoms with Crippen LogP contribution < -0.4 is 0 Å². The van der Waals surface area contributed by atoms with Crippen LogP contribution in [0.3, 0.4) is 0 Å². The van der Waals surface area contributed by atoms with E-state index in [2.05, 4.69) is 9.97 Å². The van der Waals surface area contributed by atoms with Gasteiger partial charge in [0.05, 0.1) is 6.33 Å². The molecular weight excluding hydrogens is 273 g/mol. The molecule has 3 rings (SSSR count). The molecule has 21 heavy (non-hydrogen) atoms. The summed E-state index contributed by atoms with van der Waals surface area (Å²) >= 11 is 0. The van der Waals surface area contributed by atoms with Crippen LogP contribution in [0.25, 0.3) is 11.2 Å². The standard InChI is InChI=1S/C15H12FN3O2/c16-11-3-1-10(2-4-11)7-12-5-6-13-15(18-12)19(9-17-13)8-14(20)21/h1-6,9H,7-8H2,(H,20,21). The van der Waals surface area contributed by atoms with Crippen molar-refractivity contribution in [1.29, 1.82) is 0 Å². The van der Waals surface area contributed by atoms with Gasteiger partial charge in [0.15, 0.2) is 5.65 Å². The molecular formula is C15H12FN3O2. The average molecular weight is 285 g/mol. The van der Waals surface area contributed by atoms with E-state index in [0.717, 1.165) is 11.3 Å². The molecule has 2 heterocycles. The van der Waals surface area contributed by atoms with E-state index < -0.39 is 5.97 Å². The zero-order chi connectivity index (χ0) is 14.8. The monoisotopic (exact) mass is 285 g/mol. The number of carboxylic acids is 1. The molecule has 5 nitrogen and oxygen atoms in total. The van der Waals surface area contributed by atoms with Gasteiger partial charge in [-0.25, -0.2) is 14.4 Å².